The first-order valence-electron chi connectivity index (χ1n) is 11.3. The molecule has 1 aromatic carbocycles. The van der Waals surface area contributed by atoms with E-state index in [1.54, 1.807) is 49.6 Å². The molecule has 0 radical (unpaired) electrons. The predicted molar refractivity (Wildman–Crippen MR) is 131 cm³/mol. The highest BCUT2D eigenvalue weighted by Crippen LogP contribution is 2.51. The average Bonchev–Trinajstić information content (AvgIpc) is 3.61. The summed E-state index contributed by atoms with van der Waals surface area (Å²) in [6.45, 7) is 3.06. The zero-order valence-electron chi connectivity index (χ0n) is 18.9. The van der Waals surface area contributed by atoms with Gasteiger partial charge in [0.1, 0.15) is 17.7 Å². The number of fused-ring (bicyclic) bond motifs is 1. The number of hydrogen-bond acceptors (Lipinski definition) is 7. The Morgan fingerprint density at radius 3 is 2.68 bits per heavy atom. The van der Waals surface area contributed by atoms with Gasteiger partial charge in [-0.1, -0.05) is 24.1 Å². The second-order valence-corrected chi connectivity index (χ2v) is 10.4. The van der Waals surface area contributed by atoms with Gasteiger partial charge in [-0.3, -0.25) is 9.59 Å². The van der Waals surface area contributed by atoms with E-state index in [-0.39, 0.29) is 16.9 Å². The molecule has 0 spiro atoms. The van der Waals surface area contributed by atoms with E-state index in [1.807, 2.05) is 11.9 Å². The SMILES string of the molecule is Cn1c(=O)c(C(=O)NCc2ccc(C#N)cc2)cc2ccnc(OCC3(SN4CCC4)CC3)c21. The molecule has 2 aliphatic rings. The van der Waals surface area contributed by atoms with Crippen LogP contribution < -0.4 is 15.6 Å². The van der Waals surface area contributed by atoms with Crippen molar-refractivity contribution in [3.8, 4) is 11.9 Å². The molecule has 3 heterocycles. The van der Waals surface area contributed by atoms with Crippen molar-refractivity contribution in [2.24, 2.45) is 7.05 Å². The van der Waals surface area contributed by atoms with E-state index in [1.165, 1.54) is 11.0 Å². The fraction of sp³-hybridized carbons (Fsp3) is 0.360. The van der Waals surface area contributed by atoms with Crippen molar-refractivity contribution in [2.45, 2.75) is 30.6 Å². The number of hydrogen-bond donors (Lipinski definition) is 1. The summed E-state index contributed by atoms with van der Waals surface area (Å²) in [6, 6.07) is 12.4. The number of carbonyl (C=O) groups is 1. The van der Waals surface area contributed by atoms with E-state index in [4.69, 9.17) is 10.00 Å². The molecule has 0 bridgehead atoms. The summed E-state index contributed by atoms with van der Waals surface area (Å²) in [6.07, 6.45) is 5.12. The molecule has 1 saturated carbocycles. The molecule has 1 N–H and O–H groups in total. The summed E-state index contributed by atoms with van der Waals surface area (Å²) >= 11 is 1.89. The Bertz CT molecular complexity index is 1340. The number of carbonyl (C=O) groups excluding carboxylic acids is 1. The third-order valence-electron chi connectivity index (χ3n) is 6.29. The van der Waals surface area contributed by atoms with Gasteiger partial charge >= 0.3 is 0 Å². The van der Waals surface area contributed by atoms with Crippen LogP contribution >= 0.6 is 11.9 Å². The van der Waals surface area contributed by atoms with Crippen molar-refractivity contribution < 1.29 is 9.53 Å². The summed E-state index contributed by atoms with van der Waals surface area (Å²) in [5, 5.41) is 12.4. The Hall–Kier alpha value is -3.35. The van der Waals surface area contributed by atoms with Crippen LogP contribution in [0.4, 0.5) is 0 Å². The molecular formula is C25H25N5O3S. The molecule has 0 atom stereocenters. The van der Waals surface area contributed by atoms with Gasteiger partial charge < -0.3 is 14.6 Å². The lowest BCUT2D eigenvalue weighted by atomic mass is 10.1. The highest BCUT2D eigenvalue weighted by Gasteiger charge is 2.47. The van der Waals surface area contributed by atoms with E-state index in [0.29, 0.717) is 23.6 Å². The van der Waals surface area contributed by atoms with Crippen molar-refractivity contribution in [3.05, 3.63) is 69.6 Å². The first kappa shape index (κ1) is 22.4. The number of pyridine rings is 2. The molecule has 1 aliphatic carbocycles. The third kappa shape index (κ3) is 4.52. The molecule has 2 fully saturated rings. The molecule has 1 aliphatic heterocycles. The van der Waals surface area contributed by atoms with Gasteiger partial charge in [-0.05, 0) is 49.1 Å². The number of nitrogens with one attached hydrogen (secondary N) is 1. The summed E-state index contributed by atoms with van der Waals surface area (Å²) in [4.78, 5) is 30.3. The quantitative estimate of drug-likeness (QED) is 0.500. The van der Waals surface area contributed by atoms with E-state index in [2.05, 4.69) is 20.7 Å². The number of ether oxygens (including phenoxy) is 1. The molecule has 1 saturated heterocycles. The highest BCUT2D eigenvalue weighted by molar-refractivity contribution is 7.98. The molecule has 174 valence electrons. The van der Waals surface area contributed by atoms with Crippen LogP contribution in [0, 0.1) is 11.3 Å². The number of rotatable bonds is 8. The first-order chi connectivity index (χ1) is 16.5. The van der Waals surface area contributed by atoms with Gasteiger partial charge in [-0.15, -0.1) is 0 Å². The Morgan fingerprint density at radius 2 is 2.03 bits per heavy atom. The number of nitrogens with zero attached hydrogens (tertiary/aromatic N) is 4. The standard InChI is InChI=1S/C25H25N5O3S/c1-29-21-19(7-10-27-23(21)33-16-25(8-9-25)34-30-11-2-12-30)13-20(24(29)32)22(31)28-15-18-5-3-17(14-26)4-6-18/h3-7,10,13H,2,8-9,11-12,15-16H2,1H3,(H,28,31). The minimum absolute atomic E-state index is 0.0628. The fourth-order valence-corrected chi connectivity index (χ4v) is 5.28. The van der Waals surface area contributed by atoms with Gasteiger partial charge in [0, 0.05) is 38.3 Å². The molecule has 9 heteroatoms. The van der Waals surface area contributed by atoms with Crippen LogP contribution in [0.5, 0.6) is 5.88 Å². The Labute approximate surface area is 201 Å². The van der Waals surface area contributed by atoms with Crippen LogP contribution in [0.2, 0.25) is 0 Å². The highest BCUT2D eigenvalue weighted by atomic mass is 32.2. The lowest BCUT2D eigenvalue weighted by molar-refractivity contribution is 0.0949. The maximum atomic E-state index is 13.0. The molecular weight excluding hydrogens is 450 g/mol. The molecule has 0 unspecified atom stereocenters. The zero-order chi connectivity index (χ0) is 23.7. The predicted octanol–water partition coefficient (Wildman–Crippen LogP) is 3.00. The minimum atomic E-state index is -0.450. The van der Waals surface area contributed by atoms with Gasteiger partial charge in [0.15, 0.2) is 0 Å². The summed E-state index contributed by atoms with van der Waals surface area (Å²) < 4.78 is 10.1. The monoisotopic (exact) mass is 475 g/mol. The lowest BCUT2D eigenvalue weighted by Crippen LogP contribution is -2.35. The van der Waals surface area contributed by atoms with Crippen LogP contribution in [0.3, 0.4) is 0 Å². The second kappa shape index (κ2) is 9.12. The van der Waals surface area contributed by atoms with Crippen molar-refractivity contribution >= 4 is 28.8 Å². The number of aromatic nitrogens is 2. The van der Waals surface area contributed by atoms with E-state index in [9.17, 15) is 9.59 Å². The molecule has 2 aromatic heterocycles. The van der Waals surface area contributed by atoms with E-state index < -0.39 is 11.5 Å². The van der Waals surface area contributed by atoms with Gasteiger partial charge in [-0.25, -0.2) is 9.29 Å². The number of aryl methyl sites for hydroxylation is 1. The van der Waals surface area contributed by atoms with Crippen LogP contribution in [-0.2, 0) is 13.6 Å². The van der Waals surface area contributed by atoms with Crippen LogP contribution in [0.15, 0.2) is 47.4 Å². The van der Waals surface area contributed by atoms with E-state index in [0.717, 1.165) is 36.9 Å². The Morgan fingerprint density at radius 1 is 1.26 bits per heavy atom. The zero-order valence-corrected chi connectivity index (χ0v) is 19.7. The largest absolute Gasteiger partial charge is 0.475 e. The molecule has 3 aromatic rings. The van der Waals surface area contributed by atoms with Crippen LogP contribution in [-0.4, -0.2) is 44.2 Å². The number of benzene rings is 1. The fourth-order valence-electron chi connectivity index (χ4n) is 3.90. The van der Waals surface area contributed by atoms with E-state index >= 15 is 0 Å². The van der Waals surface area contributed by atoms with Crippen molar-refractivity contribution in [3.63, 3.8) is 0 Å². The molecule has 8 nitrogen and oxygen atoms in total. The molecule has 5 rings (SSSR count). The van der Waals surface area contributed by atoms with Gasteiger partial charge in [0.25, 0.3) is 11.5 Å². The average molecular weight is 476 g/mol. The maximum absolute atomic E-state index is 13.0. The van der Waals surface area contributed by atoms with Gasteiger partial charge in [0.2, 0.25) is 5.88 Å². The third-order valence-corrected chi connectivity index (χ3v) is 7.83. The summed E-state index contributed by atoms with van der Waals surface area (Å²) in [5.41, 5.74) is 1.64. The van der Waals surface area contributed by atoms with Gasteiger partial charge in [-0.2, -0.15) is 5.26 Å². The number of nitriles is 1. The molecule has 1 amide bonds. The van der Waals surface area contributed by atoms with Crippen molar-refractivity contribution in [1.82, 2.24) is 19.2 Å². The summed E-state index contributed by atoms with van der Waals surface area (Å²) in [7, 11) is 1.64. The maximum Gasteiger partial charge on any atom is 0.263 e. The number of amides is 1. The van der Waals surface area contributed by atoms with Crippen molar-refractivity contribution in [2.75, 3.05) is 19.7 Å². The Kier molecular flexibility index (Phi) is 6.02. The first-order valence-corrected chi connectivity index (χ1v) is 12.1. The normalized spacial score (nSPS) is 16.5. The lowest BCUT2D eigenvalue weighted by Gasteiger charge is -2.32. The minimum Gasteiger partial charge on any atom is -0.475 e. The van der Waals surface area contributed by atoms with Crippen molar-refractivity contribution in [1.29, 1.82) is 5.26 Å². The molecule has 34 heavy (non-hydrogen) atoms. The Balaban J connectivity index is 1.33. The summed E-state index contributed by atoms with van der Waals surface area (Å²) in [5.74, 6) is -0.0360. The second-order valence-electron chi connectivity index (χ2n) is 8.81. The van der Waals surface area contributed by atoms with Gasteiger partial charge in [0.05, 0.1) is 16.4 Å². The topological polar surface area (TPSA) is 100 Å². The van der Waals surface area contributed by atoms with Crippen LogP contribution in [0.1, 0.15) is 40.7 Å². The van der Waals surface area contributed by atoms with Crippen LogP contribution in [0.25, 0.3) is 10.9 Å². The smallest absolute Gasteiger partial charge is 0.263 e.